The number of nitrogens with zero attached hydrogens (tertiary/aromatic N) is 5. The van der Waals surface area contributed by atoms with Crippen LogP contribution >= 0.6 is 0 Å². The fourth-order valence-corrected chi connectivity index (χ4v) is 3.34. The summed E-state index contributed by atoms with van der Waals surface area (Å²) >= 11 is 0. The number of hydrogen-bond donors (Lipinski definition) is 0. The molecule has 8 heteroatoms. The Bertz CT molecular complexity index is 1030. The molecule has 1 saturated heterocycles. The van der Waals surface area contributed by atoms with Crippen molar-refractivity contribution in [1.29, 1.82) is 5.26 Å². The third-order valence-corrected chi connectivity index (χ3v) is 4.78. The number of carbonyl (C=O) groups is 1. The highest BCUT2D eigenvalue weighted by Gasteiger charge is 2.32. The van der Waals surface area contributed by atoms with E-state index in [1.54, 1.807) is 17.2 Å². The minimum Gasteiger partial charge on any atom is -0.484 e. The van der Waals surface area contributed by atoms with Gasteiger partial charge in [0.05, 0.1) is 5.56 Å². The van der Waals surface area contributed by atoms with Crippen molar-refractivity contribution in [3.63, 3.8) is 0 Å². The Kier molecular flexibility index (Phi) is 5.47. The van der Waals surface area contributed by atoms with Gasteiger partial charge in [0.25, 0.3) is 5.91 Å². The molecular formula is C21H19N5O3. The zero-order valence-electron chi connectivity index (χ0n) is 15.7. The first-order valence-electron chi connectivity index (χ1n) is 9.41. The van der Waals surface area contributed by atoms with Gasteiger partial charge in [-0.1, -0.05) is 23.4 Å². The van der Waals surface area contributed by atoms with Gasteiger partial charge in [-0.3, -0.25) is 9.78 Å². The second-order valence-corrected chi connectivity index (χ2v) is 6.73. The minimum absolute atomic E-state index is 0.0460. The smallest absolute Gasteiger partial charge is 0.261 e. The molecule has 0 unspecified atom stereocenters. The summed E-state index contributed by atoms with van der Waals surface area (Å²) in [5, 5.41) is 13.1. The lowest BCUT2D eigenvalue weighted by molar-refractivity contribution is -0.138. The Balaban J connectivity index is 1.49. The molecule has 0 spiro atoms. The third kappa shape index (κ3) is 4.24. The molecule has 0 aliphatic carbocycles. The molecule has 8 nitrogen and oxygen atoms in total. The number of benzene rings is 1. The molecule has 1 aliphatic rings. The number of aromatic nitrogens is 3. The quantitative estimate of drug-likeness (QED) is 0.660. The molecule has 4 rings (SSSR count). The van der Waals surface area contributed by atoms with Crippen LogP contribution in [0, 0.1) is 11.3 Å². The van der Waals surface area contributed by atoms with Gasteiger partial charge in [-0.2, -0.15) is 10.2 Å². The summed E-state index contributed by atoms with van der Waals surface area (Å²) < 4.78 is 11.1. The lowest BCUT2D eigenvalue weighted by Gasteiger charge is -2.33. The molecule has 0 N–H and O–H groups in total. The van der Waals surface area contributed by atoms with Gasteiger partial charge in [0.2, 0.25) is 11.7 Å². The molecule has 3 heterocycles. The fraction of sp³-hybridized carbons (Fsp3) is 0.286. The number of para-hydroxylation sites is 1. The minimum atomic E-state index is -0.288. The van der Waals surface area contributed by atoms with Gasteiger partial charge in [-0.05, 0) is 37.5 Å². The fourth-order valence-electron chi connectivity index (χ4n) is 3.34. The normalized spacial score (nSPS) is 16.2. The Morgan fingerprint density at radius 1 is 1.28 bits per heavy atom. The number of pyridine rings is 1. The topological polar surface area (TPSA) is 105 Å². The number of likely N-dealkylation sites (tertiary alicyclic amines) is 1. The molecule has 3 aromatic rings. The first-order chi connectivity index (χ1) is 14.2. The second kappa shape index (κ2) is 8.52. The number of nitriles is 1. The molecule has 1 fully saturated rings. The predicted molar refractivity (Wildman–Crippen MR) is 102 cm³/mol. The van der Waals surface area contributed by atoms with Crippen LogP contribution in [0.5, 0.6) is 5.75 Å². The van der Waals surface area contributed by atoms with Crippen LogP contribution in [0.2, 0.25) is 0 Å². The molecule has 1 aliphatic heterocycles. The molecule has 0 radical (unpaired) electrons. The van der Waals surface area contributed by atoms with Crippen molar-refractivity contribution in [1.82, 2.24) is 20.0 Å². The van der Waals surface area contributed by atoms with Gasteiger partial charge in [0, 0.05) is 24.5 Å². The van der Waals surface area contributed by atoms with Gasteiger partial charge in [0.15, 0.2) is 6.61 Å². The third-order valence-electron chi connectivity index (χ3n) is 4.78. The summed E-state index contributed by atoms with van der Waals surface area (Å²) in [6, 6.07) is 12.6. The van der Waals surface area contributed by atoms with E-state index in [2.05, 4.69) is 15.1 Å². The average Bonchev–Trinajstić information content (AvgIpc) is 3.28. The number of rotatable bonds is 5. The largest absolute Gasteiger partial charge is 0.484 e. The van der Waals surface area contributed by atoms with Crippen LogP contribution in [-0.2, 0) is 4.79 Å². The van der Waals surface area contributed by atoms with E-state index < -0.39 is 0 Å². The van der Waals surface area contributed by atoms with Crippen LogP contribution in [0.4, 0.5) is 0 Å². The molecule has 1 amide bonds. The monoisotopic (exact) mass is 389 g/mol. The van der Waals surface area contributed by atoms with Crippen molar-refractivity contribution in [3.05, 3.63) is 60.2 Å². The van der Waals surface area contributed by atoms with Crippen molar-refractivity contribution in [2.45, 2.75) is 25.3 Å². The summed E-state index contributed by atoms with van der Waals surface area (Å²) in [5.74, 6) is 1.27. The Morgan fingerprint density at radius 3 is 2.97 bits per heavy atom. The summed E-state index contributed by atoms with van der Waals surface area (Å²) in [6.45, 7) is 0.570. The highest BCUT2D eigenvalue weighted by molar-refractivity contribution is 5.78. The van der Waals surface area contributed by atoms with E-state index in [1.165, 1.54) is 6.20 Å². The van der Waals surface area contributed by atoms with Crippen LogP contribution < -0.4 is 4.74 Å². The van der Waals surface area contributed by atoms with Crippen molar-refractivity contribution in [2.75, 3.05) is 13.2 Å². The SMILES string of the molecule is N#Cc1cncc(-c2noc([C@H]3CCCCN3C(=O)COc3ccccc3)n2)c1. The zero-order valence-corrected chi connectivity index (χ0v) is 15.7. The summed E-state index contributed by atoms with van der Waals surface area (Å²) in [4.78, 5) is 23.0. The van der Waals surface area contributed by atoms with Crippen molar-refractivity contribution in [2.24, 2.45) is 0 Å². The van der Waals surface area contributed by atoms with Crippen LogP contribution in [0.1, 0.15) is 36.8 Å². The predicted octanol–water partition coefficient (Wildman–Crippen LogP) is 3.14. The van der Waals surface area contributed by atoms with Gasteiger partial charge in [-0.15, -0.1) is 0 Å². The van der Waals surface area contributed by atoms with E-state index in [1.807, 2.05) is 36.4 Å². The standard InChI is InChI=1S/C21H19N5O3/c22-11-15-10-16(13-23-12-15)20-24-21(29-25-20)18-8-4-5-9-26(18)19(27)14-28-17-6-2-1-3-7-17/h1-3,6-7,10,12-13,18H,4-5,8-9,14H2/t18-/m1/s1. The maximum Gasteiger partial charge on any atom is 0.261 e. The number of amides is 1. The molecule has 1 atom stereocenters. The molecule has 1 aromatic carbocycles. The van der Waals surface area contributed by atoms with E-state index in [4.69, 9.17) is 14.5 Å². The van der Waals surface area contributed by atoms with Crippen LogP contribution in [0.3, 0.4) is 0 Å². The van der Waals surface area contributed by atoms with Crippen molar-refractivity contribution >= 4 is 5.91 Å². The van der Waals surface area contributed by atoms with Gasteiger partial charge < -0.3 is 14.2 Å². The second-order valence-electron chi connectivity index (χ2n) is 6.73. The summed E-state index contributed by atoms with van der Waals surface area (Å²) in [6.07, 6.45) is 5.68. The lowest BCUT2D eigenvalue weighted by atomic mass is 10.0. The number of ether oxygens (including phenoxy) is 1. The maximum atomic E-state index is 12.8. The number of piperidine rings is 1. The Hall–Kier alpha value is -3.73. The van der Waals surface area contributed by atoms with E-state index in [0.717, 1.165) is 19.3 Å². The van der Waals surface area contributed by atoms with E-state index in [0.29, 0.717) is 35.1 Å². The highest BCUT2D eigenvalue weighted by Crippen LogP contribution is 2.31. The first kappa shape index (κ1) is 18.6. The lowest BCUT2D eigenvalue weighted by Crippen LogP contribution is -2.41. The summed E-state index contributed by atoms with van der Waals surface area (Å²) in [5.41, 5.74) is 1.02. The number of hydrogen-bond acceptors (Lipinski definition) is 7. The Labute approximate surface area is 167 Å². The van der Waals surface area contributed by atoms with Gasteiger partial charge in [0.1, 0.15) is 17.9 Å². The van der Waals surface area contributed by atoms with Crippen molar-refractivity contribution < 1.29 is 14.1 Å². The average molecular weight is 389 g/mol. The zero-order chi connectivity index (χ0) is 20.1. The van der Waals surface area contributed by atoms with E-state index in [-0.39, 0.29) is 18.6 Å². The molecule has 146 valence electrons. The molecule has 2 aromatic heterocycles. The van der Waals surface area contributed by atoms with E-state index in [9.17, 15) is 4.79 Å². The van der Waals surface area contributed by atoms with Crippen LogP contribution in [0.15, 0.2) is 53.3 Å². The van der Waals surface area contributed by atoms with Crippen LogP contribution in [-0.4, -0.2) is 39.1 Å². The number of carbonyl (C=O) groups excluding carboxylic acids is 1. The van der Waals surface area contributed by atoms with Crippen LogP contribution in [0.25, 0.3) is 11.4 Å². The highest BCUT2D eigenvalue weighted by atomic mass is 16.5. The van der Waals surface area contributed by atoms with E-state index >= 15 is 0 Å². The maximum absolute atomic E-state index is 12.8. The van der Waals surface area contributed by atoms with Gasteiger partial charge >= 0.3 is 0 Å². The molecular weight excluding hydrogens is 370 g/mol. The molecule has 0 bridgehead atoms. The first-order valence-corrected chi connectivity index (χ1v) is 9.41. The van der Waals surface area contributed by atoms with Gasteiger partial charge in [-0.25, -0.2) is 0 Å². The Morgan fingerprint density at radius 2 is 2.14 bits per heavy atom. The van der Waals surface area contributed by atoms with Crippen molar-refractivity contribution in [3.8, 4) is 23.2 Å². The molecule has 29 heavy (non-hydrogen) atoms. The molecule has 0 saturated carbocycles. The summed E-state index contributed by atoms with van der Waals surface area (Å²) in [7, 11) is 0.